The molecule has 0 aliphatic rings. The van der Waals surface area contributed by atoms with E-state index in [0.717, 1.165) is 34.1 Å². The summed E-state index contributed by atoms with van der Waals surface area (Å²) in [6, 6.07) is 23.6. The van der Waals surface area contributed by atoms with Crippen molar-refractivity contribution in [1.29, 1.82) is 0 Å². The lowest BCUT2D eigenvalue weighted by Gasteiger charge is -2.11. The van der Waals surface area contributed by atoms with Crippen LogP contribution in [0.25, 0.3) is 0 Å². The maximum absolute atomic E-state index is 10.8. The lowest BCUT2D eigenvalue weighted by atomic mass is 10.2. The molecule has 0 spiro atoms. The summed E-state index contributed by atoms with van der Waals surface area (Å²) in [5.41, 5.74) is 4.28. The fourth-order valence-corrected chi connectivity index (χ4v) is 3.70. The number of ether oxygens (including phenoxy) is 1. The average molecular weight is 474 g/mol. The summed E-state index contributed by atoms with van der Waals surface area (Å²) in [5.74, 6) is 1.54. The molecule has 2 N–H and O–H groups in total. The fourth-order valence-electron chi connectivity index (χ4n) is 3.48. The summed E-state index contributed by atoms with van der Waals surface area (Å²) in [5, 5.41) is 22.1. The summed E-state index contributed by atoms with van der Waals surface area (Å²) in [7, 11) is 0. The van der Waals surface area contributed by atoms with Gasteiger partial charge in [0.05, 0.1) is 28.5 Å². The van der Waals surface area contributed by atoms with Gasteiger partial charge >= 0.3 is 0 Å². The van der Waals surface area contributed by atoms with Crippen LogP contribution in [0, 0.1) is 24.0 Å². The van der Waals surface area contributed by atoms with Crippen LogP contribution in [0.15, 0.2) is 78.9 Å². The molecule has 3 aromatic carbocycles. The molecule has 4 rings (SSSR count). The third-order valence-corrected chi connectivity index (χ3v) is 5.37. The van der Waals surface area contributed by atoms with Crippen molar-refractivity contribution >= 4 is 34.4 Å². The second-order valence-corrected chi connectivity index (χ2v) is 8.06. The molecule has 34 heavy (non-hydrogen) atoms. The van der Waals surface area contributed by atoms with Gasteiger partial charge in [0.2, 0.25) is 0 Å². The van der Waals surface area contributed by atoms with E-state index in [0.29, 0.717) is 17.3 Å². The summed E-state index contributed by atoms with van der Waals surface area (Å²) >= 11 is 5.43. The van der Waals surface area contributed by atoms with Gasteiger partial charge in [-0.2, -0.15) is 5.10 Å². The van der Waals surface area contributed by atoms with E-state index >= 15 is 0 Å². The molecule has 0 atom stereocenters. The van der Waals surface area contributed by atoms with Crippen LogP contribution in [0.1, 0.15) is 17.0 Å². The number of aromatic nitrogens is 2. The third-order valence-electron chi connectivity index (χ3n) is 5.17. The Morgan fingerprint density at radius 1 is 1.00 bits per heavy atom. The van der Waals surface area contributed by atoms with Gasteiger partial charge in [-0.25, -0.2) is 0 Å². The molecule has 172 valence electrons. The topological polar surface area (TPSA) is 94.2 Å². The number of rotatable bonds is 7. The Labute approximate surface area is 202 Å². The van der Waals surface area contributed by atoms with Crippen LogP contribution in [0.4, 0.5) is 17.1 Å². The first kappa shape index (κ1) is 22.9. The molecule has 0 aliphatic heterocycles. The average Bonchev–Trinajstić information content (AvgIpc) is 3.07. The number of nitrogens with zero attached hydrogens (tertiary/aromatic N) is 3. The summed E-state index contributed by atoms with van der Waals surface area (Å²) in [4.78, 5) is 10.4. The number of benzene rings is 3. The Hall–Kier alpha value is -4.24. The highest BCUT2D eigenvalue weighted by molar-refractivity contribution is 7.80. The number of nitro groups is 1. The van der Waals surface area contributed by atoms with E-state index in [1.165, 1.54) is 12.1 Å². The number of non-ortho nitro benzene ring substituents is 1. The molecule has 0 aliphatic carbocycles. The normalized spacial score (nSPS) is 10.5. The van der Waals surface area contributed by atoms with Crippen molar-refractivity contribution in [2.45, 2.75) is 20.4 Å². The second-order valence-electron chi connectivity index (χ2n) is 7.65. The Kier molecular flexibility index (Phi) is 6.84. The van der Waals surface area contributed by atoms with E-state index in [2.05, 4.69) is 15.7 Å². The quantitative estimate of drug-likeness (QED) is 0.191. The minimum atomic E-state index is -0.440. The van der Waals surface area contributed by atoms with Crippen molar-refractivity contribution < 1.29 is 9.66 Å². The van der Waals surface area contributed by atoms with Gasteiger partial charge in [0, 0.05) is 17.8 Å². The van der Waals surface area contributed by atoms with Crippen LogP contribution < -0.4 is 15.4 Å². The molecule has 9 heteroatoms. The molecule has 0 fully saturated rings. The molecule has 0 radical (unpaired) electrons. The smallest absolute Gasteiger partial charge is 0.269 e. The molecular weight excluding hydrogens is 450 g/mol. The number of hydrogen-bond donors (Lipinski definition) is 2. The van der Waals surface area contributed by atoms with E-state index in [9.17, 15) is 10.1 Å². The van der Waals surface area contributed by atoms with Gasteiger partial charge in [-0.1, -0.05) is 30.3 Å². The van der Waals surface area contributed by atoms with Gasteiger partial charge in [0.25, 0.3) is 5.69 Å². The fraction of sp³-hybridized carbons (Fsp3) is 0.120. The molecule has 0 bridgehead atoms. The lowest BCUT2D eigenvalue weighted by Crippen LogP contribution is -2.20. The number of hydrogen-bond acceptors (Lipinski definition) is 5. The first-order valence-corrected chi connectivity index (χ1v) is 11.0. The van der Waals surface area contributed by atoms with E-state index in [1.807, 2.05) is 73.1 Å². The van der Waals surface area contributed by atoms with Crippen LogP contribution in [0.5, 0.6) is 11.5 Å². The van der Waals surface area contributed by atoms with Crippen molar-refractivity contribution in [3.05, 3.63) is 106 Å². The van der Waals surface area contributed by atoms with Crippen LogP contribution in [0.2, 0.25) is 0 Å². The Morgan fingerprint density at radius 3 is 2.41 bits per heavy atom. The Balaban J connectivity index is 1.43. The van der Waals surface area contributed by atoms with Crippen molar-refractivity contribution in [3.8, 4) is 11.5 Å². The zero-order valence-electron chi connectivity index (χ0n) is 18.7. The molecule has 0 amide bonds. The number of thiocarbonyl (C=S) groups is 1. The molecule has 8 nitrogen and oxygen atoms in total. The first-order chi connectivity index (χ1) is 16.4. The van der Waals surface area contributed by atoms with E-state index in [-0.39, 0.29) is 5.69 Å². The Bertz CT molecular complexity index is 1320. The molecule has 1 heterocycles. The minimum absolute atomic E-state index is 0.0237. The number of para-hydroxylation sites is 1. The highest BCUT2D eigenvalue weighted by Gasteiger charge is 2.14. The van der Waals surface area contributed by atoms with Crippen LogP contribution >= 0.6 is 12.2 Å². The van der Waals surface area contributed by atoms with Gasteiger partial charge in [-0.3, -0.25) is 14.8 Å². The molecule has 4 aromatic rings. The second kappa shape index (κ2) is 10.1. The summed E-state index contributed by atoms with van der Waals surface area (Å²) in [6.45, 7) is 4.46. The van der Waals surface area contributed by atoms with Crippen molar-refractivity contribution in [1.82, 2.24) is 9.78 Å². The number of nitrogens with one attached hydrogen (secondary N) is 2. The molecule has 0 unspecified atom stereocenters. The first-order valence-electron chi connectivity index (χ1n) is 10.6. The third kappa shape index (κ3) is 5.57. The predicted molar refractivity (Wildman–Crippen MR) is 137 cm³/mol. The summed E-state index contributed by atoms with van der Waals surface area (Å²) < 4.78 is 7.85. The molecule has 1 aromatic heterocycles. The number of nitro benzene ring substituents is 1. The van der Waals surface area contributed by atoms with Gasteiger partial charge in [-0.15, -0.1) is 0 Å². The van der Waals surface area contributed by atoms with Crippen LogP contribution in [-0.2, 0) is 6.54 Å². The van der Waals surface area contributed by atoms with Gasteiger partial charge in [0.1, 0.15) is 11.5 Å². The van der Waals surface area contributed by atoms with Crippen molar-refractivity contribution in [3.63, 3.8) is 0 Å². The zero-order valence-corrected chi connectivity index (χ0v) is 19.5. The maximum Gasteiger partial charge on any atom is 0.269 e. The highest BCUT2D eigenvalue weighted by Crippen LogP contribution is 2.25. The molecule has 0 saturated carbocycles. The van der Waals surface area contributed by atoms with Gasteiger partial charge < -0.3 is 15.4 Å². The van der Waals surface area contributed by atoms with Gasteiger partial charge in [0.15, 0.2) is 5.11 Å². The van der Waals surface area contributed by atoms with Crippen molar-refractivity contribution in [2.75, 3.05) is 10.6 Å². The highest BCUT2D eigenvalue weighted by atomic mass is 32.1. The Morgan fingerprint density at radius 2 is 1.71 bits per heavy atom. The standard InChI is InChI=1S/C25H23N5O3S/c1-17-24(27-25(34)26-20-11-13-21(14-12-20)30(31)32)18(2)29(28-17)16-19-7-6-10-23(15-19)33-22-8-4-3-5-9-22/h3-15H,16H2,1-2H3,(H2,26,27,34). The summed E-state index contributed by atoms with van der Waals surface area (Å²) in [6.07, 6.45) is 0. The minimum Gasteiger partial charge on any atom is -0.457 e. The maximum atomic E-state index is 10.8. The van der Waals surface area contributed by atoms with Crippen LogP contribution in [-0.4, -0.2) is 19.8 Å². The largest absolute Gasteiger partial charge is 0.457 e. The number of anilines is 2. The van der Waals surface area contributed by atoms with E-state index in [1.54, 1.807) is 12.1 Å². The van der Waals surface area contributed by atoms with Gasteiger partial charge in [-0.05, 0) is 68.0 Å². The van der Waals surface area contributed by atoms with Crippen LogP contribution in [0.3, 0.4) is 0 Å². The zero-order chi connectivity index (χ0) is 24.1. The predicted octanol–water partition coefficient (Wildman–Crippen LogP) is 6.06. The molecule has 0 saturated heterocycles. The van der Waals surface area contributed by atoms with E-state index < -0.39 is 4.92 Å². The monoisotopic (exact) mass is 473 g/mol. The van der Waals surface area contributed by atoms with Crippen molar-refractivity contribution in [2.24, 2.45) is 0 Å². The number of aryl methyl sites for hydroxylation is 1. The van der Waals surface area contributed by atoms with E-state index in [4.69, 9.17) is 17.0 Å². The molecular formula is C25H23N5O3S. The lowest BCUT2D eigenvalue weighted by molar-refractivity contribution is -0.384. The SMILES string of the molecule is Cc1nn(Cc2cccc(Oc3ccccc3)c2)c(C)c1NC(=S)Nc1ccc([N+](=O)[O-])cc1.